The summed E-state index contributed by atoms with van der Waals surface area (Å²) in [6, 6.07) is 4.34. The van der Waals surface area contributed by atoms with Gasteiger partial charge in [-0.15, -0.1) is 0 Å². The van der Waals surface area contributed by atoms with E-state index in [-0.39, 0.29) is 5.69 Å². The number of halogens is 1. The zero-order valence-electron chi connectivity index (χ0n) is 8.23. The van der Waals surface area contributed by atoms with Gasteiger partial charge in [-0.05, 0) is 24.1 Å². The molecule has 1 rings (SSSR count). The van der Waals surface area contributed by atoms with Gasteiger partial charge in [-0.1, -0.05) is 13.0 Å². The molecule has 1 aromatic carbocycles. The van der Waals surface area contributed by atoms with Gasteiger partial charge in [-0.3, -0.25) is 0 Å². The van der Waals surface area contributed by atoms with Crippen molar-refractivity contribution in [3.05, 3.63) is 29.6 Å². The van der Waals surface area contributed by atoms with Crippen LogP contribution in [0.3, 0.4) is 0 Å². The Labute approximate surface area is 82.3 Å². The number of carbonyl (C=O) groups is 1. The van der Waals surface area contributed by atoms with E-state index in [2.05, 4.69) is 10.6 Å². The lowest BCUT2D eigenvalue weighted by atomic mass is 10.1. The number of carbonyl (C=O) groups excluding carboxylic acids is 1. The maximum absolute atomic E-state index is 13.3. The molecule has 3 nitrogen and oxygen atoms in total. The summed E-state index contributed by atoms with van der Waals surface area (Å²) in [5.74, 6) is -0.409. The van der Waals surface area contributed by atoms with Crippen LogP contribution in [0.5, 0.6) is 0 Å². The molecule has 0 atom stereocenters. The van der Waals surface area contributed by atoms with Crippen molar-refractivity contribution < 1.29 is 9.18 Å². The molecule has 2 amide bonds. The third kappa shape index (κ3) is 2.45. The van der Waals surface area contributed by atoms with Gasteiger partial charge in [0.05, 0.1) is 5.69 Å². The predicted molar refractivity (Wildman–Crippen MR) is 53.9 cm³/mol. The predicted octanol–water partition coefficient (Wildman–Crippen LogP) is 2.14. The quantitative estimate of drug-likeness (QED) is 0.747. The minimum absolute atomic E-state index is 0.196. The van der Waals surface area contributed by atoms with Crippen molar-refractivity contribution in [2.75, 3.05) is 12.4 Å². The third-order valence-electron chi connectivity index (χ3n) is 1.92. The highest BCUT2D eigenvalue weighted by Gasteiger charge is 2.05. The van der Waals surface area contributed by atoms with Gasteiger partial charge in [0.2, 0.25) is 0 Å². The van der Waals surface area contributed by atoms with Crippen LogP contribution in [0.1, 0.15) is 12.5 Å². The topological polar surface area (TPSA) is 41.1 Å². The van der Waals surface area contributed by atoms with Crippen molar-refractivity contribution in [2.24, 2.45) is 0 Å². The largest absolute Gasteiger partial charge is 0.341 e. The molecule has 0 fully saturated rings. The lowest BCUT2D eigenvalue weighted by Gasteiger charge is -2.06. The highest BCUT2D eigenvalue weighted by atomic mass is 19.1. The zero-order valence-corrected chi connectivity index (χ0v) is 8.23. The molecular weight excluding hydrogens is 183 g/mol. The van der Waals surface area contributed by atoms with E-state index in [1.54, 1.807) is 12.1 Å². The summed E-state index contributed by atoms with van der Waals surface area (Å²) in [4.78, 5) is 10.9. The summed E-state index contributed by atoms with van der Waals surface area (Å²) in [6.45, 7) is 1.95. The second-order valence-corrected chi connectivity index (χ2v) is 2.87. The average Bonchev–Trinajstić information content (AvgIpc) is 2.20. The average molecular weight is 196 g/mol. The molecule has 0 bridgehead atoms. The molecule has 0 heterocycles. The number of urea groups is 1. The Bertz CT molecular complexity index is 339. The summed E-state index contributed by atoms with van der Waals surface area (Å²) in [6.07, 6.45) is 0.775. The molecule has 0 aliphatic heterocycles. The van der Waals surface area contributed by atoms with Crippen LogP contribution >= 0.6 is 0 Å². The molecule has 0 aliphatic carbocycles. The van der Waals surface area contributed by atoms with Crippen LogP contribution in [-0.2, 0) is 6.42 Å². The Kier molecular flexibility index (Phi) is 3.45. The minimum atomic E-state index is -0.423. The molecule has 2 N–H and O–H groups in total. The standard InChI is InChI=1S/C10H13FN2O/c1-3-7-4-5-9(8(11)6-7)13-10(14)12-2/h4-6H,3H2,1-2H3,(H2,12,13,14). The number of aryl methyl sites for hydroxylation is 1. The van der Waals surface area contributed by atoms with Crippen LogP contribution in [-0.4, -0.2) is 13.1 Å². The monoisotopic (exact) mass is 196 g/mol. The number of hydrogen-bond acceptors (Lipinski definition) is 1. The first-order valence-electron chi connectivity index (χ1n) is 4.44. The van der Waals surface area contributed by atoms with Gasteiger partial charge < -0.3 is 10.6 Å². The van der Waals surface area contributed by atoms with E-state index in [0.29, 0.717) is 0 Å². The van der Waals surface area contributed by atoms with Crippen molar-refractivity contribution in [3.8, 4) is 0 Å². The van der Waals surface area contributed by atoms with Gasteiger partial charge >= 0.3 is 6.03 Å². The van der Waals surface area contributed by atoms with E-state index in [9.17, 15) is 9.18 Å². The first kappa shape index (κ1) is 10.5. The van der Waals surface area contributed by atoms with E-state index in [1.807, 2.05) is 6.92 Å². The Morgan fingerprint density at radius 2 is 2.21 bits per heavy atom. The highest BCUT2D eigenvalue weighted by Crippen LogP contribution is 2.15. The molecule has 0 saturated heterocycles. The van der Waals surface area contributed by atoms with E-state index < -0.39 is 11.8 Å². The molecule has 0 spiro atoms. The zero-order chi connectivity index (χ0) is 10.6. The SMILES string of the molecule is CCc1ccc(NC(=O)NC)c(F)c1. The number of nitrogens with one attached hydrogen (secondary N) is 2. The lowest BCUT2D eigenvalue weighted by molar-refractivity contribution is 0.254. The second kappa shape index (κ2) is 4.60. The fraction of sp³-hybridized carbons (Fsp3) is 0.300. The third-order valence-corrected chi connectivity index (χ3v) is 1.92. The first-order valence-corrected chi connectivity index (χ1v) is 4.44. The van der Waals surface area contributed by atoms with E-state index >= 15 is 0 Å². The number of amides is 2. The van der Waals surface area contributed by atoms with Gasteiger partial charge in [-0.2, -0.15) is 0 Å². The maximum atomic E-state index is 13.3. The van der Waals surface area contributed by atoms with Crippen LogP contribution in [0.25, 0.3) is 0 Å². The summed E-state index contributed by atoms with van der Waals surface area (Å²) in [5.41, 5.74) is 1.10. The van der Waals surface area contributed by atoms with Crippen LogP contribution in [0.2, 0.25) is 0 Å². The van der Waals surface area contributed by atoms with Gasteiger partial charge in [-0.25, -0.2) is 9.18 Å². The lowest BCUT2D eigenvalue weighted by Crippen LogP contribution is -2.24. The molecule has 0 aliphatic rings. The fourth-order valence-electron chi connectivity index (χ4n) is 1.06. The molecule has 4 heteroatoms. The Balaban J connectivity index is 2.83. The van der Waals surface area contributed by atoms with Crippen molar-refractivity contribution in [3.63, 3.8) is 0 Å². The van der Waals surface area contributed by atoms with Crippen molar-refractivity contribution in [1.82, 2.24) is 5.32 Å². The normalized spacial score (nSPS) is 9.64. The molecule has 0 radical (unpaired) electrons. The van der Waals surface area contributed by atoms with Crippen molar-refractivity contribution in [1.29, 1.82) is 0 Å². The summed E-state index contributed by atoms with van der Waals surface area (Å²) < 4.78 is 13.3. The Morgan fingerprint density at radius 3 is 2.71 bits per heavy atom. The van der Waals surface area contributed by atoms with Gasteiger partial charge in [0.15, 0.2) is 0 Å². The molecular formula is C10H13FN2O. The highest BCUT2D eigenvalue weighted by molar-refractivity contribution is 5.89. The van der Waals surface area contributed by atoms with Crippen molar-refractivity contribution >= 4 is 11.7 Å². The van der Waals surface area contributed by atoms with Gasteiger partial charge in [0, 0.05) is 7.05 Å². The first-order chi connectivity index (χ1) is 6.67. The van der Waals surface area contributed by atoms with E-state index in [1.165, 1.54) is 13.1 Å². The Morgan fingerprint density at radius 1 is 1.50 bits per heavy atom. The van der Waals surface area contributed by atoms with Crippen LogP contribution < -0.4 is 10.6 Å². The number of hydrogen-bond donors (Lipinski definition) is 2. The van der Waals surface area contributed by atoms with Crippen LogP contribution in [0, 0.1) is 5.82 Å². The number of rotatable bonds is 2. The molecule has 0 unspecified atom stereocenters. The molecule has 1 aromatic rings. The molecule has 76 valence electrons. The second-order valence-electron chi connectivity index (χ2n) is 2.87. The summed E-state index contributed by atoms with van der Waals surface area (Å²) in [7, 11) is 1.48. The molecule has 0 aromatic heterocycles. The molecule has 0 saturated carbocycles. The van der Waals surface area contributed by atoms with E-state index in [4.69, 9.17) is 0 Å². The fourth-order valence-corrected chi connectivity index (χ4v) is 1.06. The summed E-state index contributed by atoms with van der Waals surface area (Å²) >= 11 is 0. The molecule has 14 heavy (non-hydrogen) atoms. The summed E-state index contributed by atoms with van der Waals surface area (Å²) in [5, 5.41) is 4.74. The smallest absolute Gasteiger partial charge is 0.319 e. The van der Waals surface area contributed by atoms with Gasteiger partial charge in [0.25, 0.3) is 0 Å². The minimum Gasteiger partial charge on any atom is -0.341 e. The number of benzene rings is 1. The number of anilines is 1. The van der Waals surface area contributed by atoms with Crippen molar-refractivity contribution in [2.45, 2.75) is 13.3 Å². The van der Waals surface area contributed by atoms with Crippen LogP contribution in [0.15, 0.2) is 18.2 Å². The van der Waals surface area contributed by atoms with Crippen LogP contribution in [0.4, 0.5) is 14.9 Å². The van der Waals surface area contributed by atoms with E-state index in [0.717, 1.165) is 12.0 Å². The van der Waals surface area contributed by atoms with Gasteiger partial charge in [0.1, 0.15) is 5.82 Å². The maximum Gasteiger partial charge on any atom is 0.319 e. The Hall–Kier alpha value is -1.58.